The van der Waals surface area contributed by atoms with Crippen molar-refractivity contribution in [3.63, 3.8) is 0 Å². The van der Waals surface area contributed by atoms with E-state index in [4.69, 9.17) is 20.3 Å². The Bertz CT molecular complexity index is 2210. The van der Waals surface area contributed by atoms with Crippen molar-refractivity contribution in [1.29, 1.82) is 0 Å². The van der Waals surface area contributed by atoms with E-state index in [-0.39, 0.29) is 47.6 Å². The van der Waals surface area contributed by atoms with Crippen molar-refractivity contribution in [2.45, 2.75) is 193 Å². The molecule has 18 nitrogen and oxygen atoms in total. The van der Waals surface area contributed by atoms with Crippen molar-refractivity contribution in [2.75, 3.05) is 60.9 Å². The van der Waals surface area contributed by atoms with Crippen LogP contribution in [0.15, 0.2) is 72.8 Å². The molecule has 452 valence electrons. The third-order valence-corrected chi connectivity index (χ3v) is 10.4. The summed E-state index contributed by atoms with van der Waals surface area (Å²) in [5, 5.41) is 17.1. The number of nitrogens with two attached hydrogens (primary N) is 1. The molecule has 0 saturated carbocycles. The third kappa shape index (κ3) is 45.4. The van der Waals surface area contributed by atoms with Gasteiger partial charge >= 0.3 is 30.1 Å². The van der Waals surface area contributed by atoms with Gasteiger partial charge in [0, 0.05) is 37.4 Å². The van der Waals surface area contributed by atoms with Gasteiger partial charge in [-0.3, -0.25) is 29.8 Å². The number of ether oxygens (including phenoxy) is 4. The van der Waals surface area contributed by atoms with Gasteiger partial charge in [-0.15, -0.1) is 0 Å². The van der Waals surface area contributed by atoms with Crippen LogP contribution < -0.4 is 21.7 Å². The summed E-state index contributed by atoms with van der Waals surface area (Å²) in [4.78, 5) is 76.7. The maximum absolute atomic E-state index is 11.9. The second kappa shape index (κ2) is 47.8. The summed E-state index contributed by atoms with van der Waals surface area (Å²) in [6.07, 6.45) is 10.4. The van der Waals surface area contributed by atoms with E-state index in [0.29, 0.717) is 55.0 Å². The minimum Gasteiger partial charge on any atom is -0.481 e. The summed E-state index contributed by atoms with van der Waals surface area (Å²) >= 11 is 3.22. The van der Waals surface area contributed by atoms with E-state index in [1.54, 1.807) is 84.0 Å². The molecule has 0 aliphatic rings. The summed E-state index contributed by atoms with van der Waals surface area (Å²) in [7, 11) is 3.51. The molecule has 0 bridgehead atoms. The minimum absolute atomic E-state index is 0. The Kier molecular flexibility index (Phi) is 49.4. The summed E-state index contributed by atoms with van der Waals surface area (Å²) in [5.74, 6) is 0.0760. The number of alkyl halides is 1. The van der Waals surface area contributed by atoms with Crippen LogP contribution in [0.25, 0.3) is 11.0 Å². The van der Waals surface area contributed by atoms with Crippen LogP contribution in [-0.4, -0.2) is 106 Å². The summed E-state index contributed by atoms with van der Waals surface area (Å²) in [5.41, 5.74) is 8.90. The second-order valence-electron chi connectivity index (χ2n) is 19.1. The molecule has 0 saturated heterocycles. The molecule has 7 N–H and O–H groups in total. The van der Waals surface area contributed by atoms with Gasteiger partial charge in [0.25, 0.3) is 0 Å². The Morgan fingerprint density at radius 3 is 1.61 bits per heavy atom. The molecule has 3 amide bonds. The quantitative estimate of drug-likeness (QED) is 0.0133. The molecular formula is C60H104BrN7O11. The number of anilines is 4. The number of hydrogen-bond acceptors (Lipinski definition) is 13. The number of aromatic nitrogens is 2. The summed E-state index contributed by atoms with van der Waals surface area (Å²) in [6, 6.07) is 22.2. The third-order valence-electron chi connectivity index (χ3n) is 9.79. The zero-order valence-electron chi connectivity index (χ0n) is 46.5. The van der Waals surface area contributed by atoms with Gasteiger partial charge in [-0.05, 0) is 137 Å². The number of unbranched alkanes of at least 4 members (excludes halogenated alkanes) is 4. The zero-order chi connectivity index (χ0) is 56.7. The van der Waals surface area contributed by atoms with Crippen LogP contribution >= 0.6 is 15.9 Å². The van der Waals surface area contributed by atoms with Crippen LogP contribution in [0.4, 0.5) is 32.3 Å². The highest BCUT2D eigenvalue weighted by Crippen LogP contribution is 2.23. The van der Waals surface area contributed by atoms with E-state index in [1.165, 1.54) is 7.11 Å². The number of carboxylic acid groups (broad SMARTS) is 1. The highest BCUT2D eigenvalue weighted by molar-refractivity contribution is 9.09. The van der Waals surface area contributed by atoms with Gasteiger partial charge < -0.3 is 45.0 Å². The smallest absolute Gasteiger partial charge is 0.412 e. The van der Waals surface area contributed by atoms with Gasteiger partial charge in [-0.2, -0.15) is 0 Å². The molecule has 3 aromatic carbocycles. The Morgan fingerprint density at radius 1 is 0.633 bits per heavy atom. The number of nitrogens with one attached hydrogen (secondary N) is 4. The second-order valence-corrected chi connectivity index (χ2v) is 19.9. The lowest BCUT2D eigenvalue weighted by molar-refractivity contribution is -0.143. The first-order valence-corrected chi connectivity index (χ1v) is 26.9. The number of imidazole rings is 1. The fourth-order valence-electron chi connectivity index (χ4n) is 6.21. The van der Waals surface area contributed by atoms with Crippen molar-refractivity contribution >= 4 is 85.7 Å². The molecule has 79 heavy (non-hydrogen) atoms. The molecule has 0 atom stereocenters. The SMILES string of the molecule is C.C.C.C.CC(C)(C)OC(=O)Nc1ccccc1N.CCCCCC(=O)Nc1ccccc1NC(=O)OC(C)(C)C.CCCCCC(=O)O.CCOC(=O)CCCBr.COC(=O)CCCN(C)CCCc1nc2ccccc2[nH]1. The molecule has 0 radical (unpaired) electrons. The van der Waals surface area contributed by atoms with Crippen LogP contribution in [0.5, 0.6) is 0 Å². The Labute approximate surface area is 483 Å². The standard InChI is InChI=1S/C17H26N2O3.C16H23N3O2.C11H16N2O2.C6H11BrO2.C6H12O2.4CH4/c1-5-6-7-12-15(20)18-13-10-8-9-11-14(13)19-16(21)22-17(2,3)4;1-19(12-6-10-16(20)21-2)11-5-9-15-17-13-7-3-4-8-14(13)18-15;1-11(2,3)15-10(14)13-9-7-5-4-6-8(9)12;1-2-9-6(8)4-3-5-7;1-2-3-4-5-6(7)8;;;;/h8-11H,5-7,12H2,1-4H3,(H,18,20)(H,19,21);3-4,7-8H,5-6,9-12H2,1-2H3,(H,17,18);4-7H,12H2,1-3H3,(H,13,14);2-5H2,1H3;2-5H2,1H3,(H,7,8);4*1H4. The lowest BCUT2D eigenvalue weighted by atomic mass is 10.2. The molecule has 0 aliphatic heterocycles. The molecule has 0 aliphatic carbocycles. The normalized spacial score (nSPS) is 10.0. The minimum atomic E-state index is -0.682. The predicted molar refractivity (Wildman–Crippen MR) is 331 cm³/mol. The fraction of sp³-hybridized carbons (Fsp3) is 0.583. The maximum Gasteiger partial charge on any atom is 0.412 e. The molecular weight excluding hydrogens is 1070 g/mol. The van der Waals surface area contributed by atoms with Crippen LogP contribution in [0.2, 0.25) is 0 Å². The van der Waals surface area contributed by atoms with E-state index in [0.717, 1.165) is 99.5 Å². The van der Waals surface area contributed by atoms with Gasteiger partial charge in [0.05, 0.1) is 47.5 Å². The van der Waals surface area contributed by atoms with Crippen molar-refractivity contribution in [2.24, 2.45) is 0 Å². The molecule has 4 rings (SSSR count). The Hall–Kier alpha value is -6.21. The van der Waals surface area contributed by atoms with Gasteiger partial charge in [0.15, 0.2) is 0 Å². The Balaban J connectivity index is -0.000000299. The number of carboxylic acids is 1. The summed E-state index contributed by atoms with van der Waals surface area (Å²) < 4.78 is 19.6. The number of carbonyl (C=O) groups is 6. The van der Waals surface area contributed by atoms with E-state index >= 15 is 0 Å². The van der Waals surface area contributed by atoms with Crippen molar-refractivity contribution in [1.82, 2.24) is 14.9 Å². The fourth-order valence-corrected chi connectivity index (χ4v) is 6.49. The number of aromatic amines is 1. The number of benzene rings is 3. The first-order chi connectivity index (χ1) is 35.5. The highest BCUT2D eigenvalue weighted by Gasteiger charge is 2.18. The number of H-pyrrole nitrogens is 1. The largest absolute Gasteiger partial charge is 0.481 e. The number of halogens is 1. The number of methoxy groups -OCH3 is 1. The molecule has 0 fully saturated rings. The monoisotopic (exact) mass is 1180 g/mol. The average Bonchev–Trinajstić information content (AvgIpc) is 3.75. The van der Waals surface area contributed by atoms with E-state index in [2.05, 4.69) is 77.1 Å². The number of aryl methyl sites for hydroxylation is 1. The van der Waals surface area contributed by atoms with Crippen LogP contribution in [0, 0.1) is 0 Å². The number of para-hydroxylation sites is 6. The number of amides is 3. The van der Waals surface area contributed by atoms with Crippen molar-refractivity contribution in [3.8, 4) is 0 Å². The van der Waals surface area contributed by atoms with Crippen LogP contribution in [0.1, 0.15) is 181 Å². The van der Waals surface area contributed by atoms with Crippen LogP contribution in [0.3, 0.4) is 0 Å². The van der Waals surface area contributed by atoms with Gasteiger partial charge in [-0.25, -0.2) is 14.6 Å². The molecule has 4 aromatic rings. The number of nitrogen functional groups attached to an aromatic ring is 1. The Morgan fingerprint density at radius 2 is 1.11 bits per heavy atom. The molecule has 0 spiro atoms. The maximum atomic E-state index is 11.9. The van der Waals surface area contributed by atoms with Gasteiger partial charge in [-0.1, -0.05) is 122 Å². The number of aliphatic carboxylic acids is 1. The van der Waals surface area contributed by atoms with Crippen LogP contribution in [-0.2, 0) is 44.5 Å². The number of rotatable bonds is 23. The molecule has 0 unspecified atom stereocenters. The lowest BCUT2D eigenvalue weighted by Crippen LogP contribution is -2.27. The molecule has 1 heterocycles. The summed E-state index contributed by atoms with van der Waals surface area (Å²) in [6.45, 7) is 19.2. The molecule has 1 aromatic heterocycles. The van der Waals surface area contributed by atoms with E-state index < -0.39 is 29.4 Å². The highest BCUT2D eigenvalue weighted by atomic mass is 79.9. The number of carbonyl (C=O) groups excluding carboxylic acids is 5. The number of fused-ring (bicyclic) bond motifs is 1. The molecule has 19 heteroatoms. The van der Waals surface area contributed by atoms with Gasteiger partial charge in [0.2, 0.25) is 5.91 Å². The number of esters is 2. The number of nitrogens with zero attached hydrogens (tertiary/aromatic N) is 2. The first kappa shape index (κ1) is 81.6. The zero-order valence-corrected chi connectivity index (χ0v) is 48.1. The lowest BCUT2D eigenvalue weighted by Gasteiger charge is -2.20. The van der Waals surface area contributed by atoms with Crippen molar-refractivity contribution in [3.05, 3.63) is 78.6 Å². The van der Waals surface area contributed by atoms with E-state index in [1.807, 2.05) is 37.3 Å². The number of hydrogen-bond donors (Lipinski definition) is 6. The van der Waals surface area contributed by atoms with Gasteiger partial charge in [0.1, 0.15) is 17.0 Å². The van der Waals surface area contributed by atoms with E-state index in [9.17, 15) is 28.8 Å². The topological polar surface area (TPSA) is 254 Å². The average molecular weight is 1180 g/mol. The predicted octanol–water partition coefficient (Wildman–Crippen LogP) is 15.5. The first-order valence-electron chi connectivity index (χ1n) is 25.8. The van der Waals surface area contributed by atoms with Crippen molar-refractivity contribution < 1.29 is 52.8 Å².